The van der Waals surface area contributed by atoms with E-state index < -0.39 is 0 Å². The summed E-state index contributed by atoms with van der Waals surface area (Å²) in [5, 5.41) is 2.97. The Bertz CT molecular complexity index is 797. The topological polar surface area (TPSA) is 65.2 Å². The van der Waals surface area contributed by atoms with Crippen LogP contribution in [-0.4, -0.2) is 42.0 Å². The first kappa shape index (κ1) is 16.5. The average molecular weight is 325 g/mol. The van der Waals surface area contributed by atoms with E-state index in [0.717, 1.165) is 42.8 Å². The number of piperidine rings is 1. The first-order valence-corrected chi connectivity index (χ1v) is 8.33. The number of nitrogens with zero attached hydrogens (tertiary/aromatic N) is 1. The highest BCUT2D eigenvalue weighted by Gasteiger charge is 2.21. The highest BCUT2D eigenvalue weighted by Crippen LogP contribution is 2.17. The highest BCUT2D eigenvalue weighted by molar-refractivity contribution is 5.94. The summed E-state index contributed by atoms with van der Waals surface area (Å²) >= 11 is 0. The molecule has 24 heavy (non-hydrogen) atoms. The quantitative estimate of drug-likeness (QED) is 0.909. The second-order valence-corrected chi connectivity index (χ2v) is 6.56. The van der Waals surface area contributed by atoms with E-state index in [1.165, 1.54) is 0 Å². The third-order valence-corrected chi connectivity index (χ3v) is 4.44. The molecule has 0 bridgehead atoms. The third kappa shape index (κ3) is 3.74. The summed E-state index contributed by atoms with van der Waals surface area (Å²) in [5.74, 6) is -0.299. The zero-order valence-corrected chi connectivity index (χ0v) is 14.1. The number of nitrogens with one attached hydrogen (secondary N) is 2. The largest absolute Gasteiger partial charge is 0.348 e. The van der Waals surface area contributed by atoms with E-state index in [9.17, 15) is 9.59 Å². The molecule has 0 radical (unpaired) electrons. The molecule has 1 aliphatic rings. The Morgan fingerprint density at radius 3 is 2.83 bits per heavy atom. The summed E-state index contributed by atoms with van der Waals surface area (Å²) in [5.41, 5.74) is 2.59. The summed E-state index contributed by atoms with van der Waals surface area (Å²) in [6, 6.07) is 11.4. The molecule has 126 valence electrons. The molecule has 1 aromatic heterocycles. The van der Waals surface area contributed by atoms with Crippen LogP contribution in [0.1, 0.15) is 28.8 Å². The molecular formula is C19H23N3O2. The average Bonchev–Trinajstić information content (AvgIpc) is 2.54. The van der Waals surface area contributed by atoms with Gasteiger partial charge in [0.15, 0.2) is 0 Å². The van der Waals surface area contributed by atoms with Crippen molar-refractivity contribution in [2.75, 3.05) is 20.1 Å². The molecule has 2 heterocycles. The van der Waals surface area contributed by atoms with Crippen molar-refractivity contribution in [1.29, 1.82) is 0 Å². The number of aryl methyl sites for hydroxylation is 1. The zero-order chi connectivity index (χ0) is 17.1. The van der Waals surface area contributed by atoms with Crippen LogP contribution < -0.4 is 10.9 Å². The highest BCUT2D eigenvalue weighted by atomic mass is 16.2. The van der Waals surface area contributed by atoms with Gasteiger partial charge in [-0.15, -0.1) is 0 Å². The zero-order valence-electron chi connectivity index (χ0n) is 14.1. The SMILES string of the molecule is Cc1cccc(-c2ccc(C(=O)NC3CCCN(C)C3)c(=O)[nH]2)c1. The van der Waals surface area contributed by atoms with Crippen LogP contribution in [0.25, 0.3) is 11.3 Å². The van der Waals surface area contributed by atoms with Crippen LogP contribution in [0.15, 0.2) is 41.2 Å². The first-order chi connectivity index (χ1) is 11.5. The van der Waals surface area contributed by atoms with Gasteiger partial charge in [0.2, 0.25) is 0 Å². The lowest BCUT2D eigenvalue weighted by Gasteiger charge is -2.30. The van der Waals surface area contributed by atoms with Crippen molar-refractivity contribution in [3.05, 3.63) is 57.9 Å². The van der Waals surface area contributed by atoms with Gasteiger partial charge in [0, 0.05) is 18.3 Å². The molecule has 5 heteroatoms. The normalized spacial score (nSPS) is 18.3. The number of rotatable bonds is 3. The Morgan fingerprint density at radius 1 is 1.29 bits per heavy atom. The molecule has 1 unspecified atom stereocenters. The number of carbonyl (C=O) groups excluding carboxylic acids is 1. The summed E-state index contributed by atoms with van der Waals surface area (Å²) < 4.78 is 0. The number of aromatic amines is 1. The summed E-state index contributed by atoms with van der Waals surface area (Å²) in [6.45, 7) is 3.88. The number of amides is 1. The maximum atomic E-state index is 12.4. The third-order valence-electron chi connectivity index (χ3n) is 4.44. The molecule has 5 nitrogen and oxygen atoms in total. The van der Waals surface area contributed by atoms with E-state index >= 15 is 0 Å². The van der Waals surface area contributed by atoms with Crippen LogP contribution in [0, 0.1) is 6.92 Å². The number of aromatic nitrogens is 1. The second-order valence-electron chi connectivity index (χ2n) is 6.56. The number of hydrogen-bond acceptors (Lipinski definition) is 3. The van der Waals surface area contributed by atoms with Crippen LogP contribution in [0.3, 0.4) is 0 Å². The maximum Gasteiger partial charge on any atom is 0.261 e. The number of hydrogen-bond donors (Lipinski definition) is 2. The summed E-state index contributed by atoms with van der Waals surface area (Å²) in [7, 11) is 2.04. The lowest BCUT2D eigenvalue weighted by atomic mass is 10.1. The van der Waals surface area contributed by atoms with Gasteiger partial charge in [-0.05, 0) is 57.1 Å². The molecule has 1 fully saturated rings. The number of likely N-dealkylation sites (N-methyl/N-ethyl adjacent to an activating group) is 1. The first-order valence-electron chi connectivity index (χ1n) is 8.33. The lowest BCUT2D eigenvalue weighted by molar-refractivity contribution is 0.0911. The van der Waals surface area contributed by atoms with Crippen LogP contribution in [0.4, 0.5) is 0 Å². The van der Waals surface area contributed by atoms with E-state index in [1.54, 1.807) is 12.1 Å². The van der Waals surface area contributed by atoms with Gasteiger partial charge < -0.3 is 15.2 Å². The molecule has 1 saturated heterocycles. The minimum atomic E-state index is -0.351. The Kier molecular flexibility index (Phi) is 4.81. The van der Waals surface area contributed by atoms with Crippen molar-refractivity contribution in [2.24, 2.45) is 0 Å². The molecule has 2 N–H and O–H groups in total. The van der Waals surface area contributed by atoms with Crippen LogP contribution in [-0.2, 0) is 0 Å². The summed E-state index contributed by atoms with van der Waals surface area (Å²) in [4.78, 5) is 29.7. The van der Waals surface area contributed by atoms with E-state index in [0.29, 0.717) is 0 Å². The van der Waals surface area contributed by atoms with E-state index in [1.807, 2.05) is 38.2 Å². The molecule has 1 amide bonds. The van der Waals surface area contributed by atoms with Crippen LogP contribution in [0.2, 0.25) is 0 Å². The Hall–Kier alpha value is -2.40. The van der Waals surface area contributed by atoms with Gasteiger partial charge in [-0.25, -0.2) is 0 Å². The van der Waals surface area contributed by atoms with Gasteiger partial charge in [0.25, 0.3) is 11.5 Å². The fourth-order valence-corrected chi connectivity index (χ4v) is 3.18. The number of likely N-dealkylation sites (tertiary alicyclic amines) is 1. The molecule has 0 aliphatic carbocycles. The molecule has 2 aromatic rings. The van der Waals surface area contributed by atoms with Crippen molar-refractivity contribution >= 4 is 5.91 Å². The maximum absolute atomic E-state index is 12.4. The standard InChI is InChI=1S/C19H23N3O2/c1-13-5-3-6-14(11-13)17-9-8-16(19(24)21-17)18(23)20-15-7-4-10-22(2)12-15/h3,5-6,8-9,11,15H,4,7,10,12H2,1-2H3,(H,20,23)(H,21,24). The second kappa shape index (κ2) is 7.01. The van der Waals surface area contributed by atoms with Gasteiger partial charge >= 0.3 is 0 Å². The number of benzene rings is 1. The Labute approximate surface area is 141 Å². The van der Waals surface area contributed by atoms with Crippen molar-refractivity contribution in [1.82, 2.24) is 15.2 Å². The smallest absolute Gasteiger partial charge is 0.261 e. The lowest BCUT2D eigenvalue weighted by Crippen LogP contribution is -2.47. The van der Waals surface area contributed by atoms with Crippen LogP contribution >= 0.6 is 0 Å². The molecule has 1 aromatic carbocycles. The predicted octanol–water partition coefficient (Wildman–Crippen LogP) is 2.17. The Balaban J connectivity index is 1.77. The monoisotopic (exact) mass is 325 g/mol. The van der Waals surface area contributed by atoms with E-state index in [4.69, 9.17) is 0 Å². The fourth-order valence-electron chi connectivity index (χ4n) is 3.18. The van der Waals surface area contributed by atoms with Gasteiger partial charge in [0.1, 0.15) is 5.56 Å². The minimum Gasteiger partial charge on any atom is -0.348 e. The molecule has 1 atom stereocenters. The molecule has 3 rings (SSSR count). The van der Waals surface area contributed by atoms with Crippen molar-refractivity contribution in [3.8, 4) is 11.3 Å². The molecule has 0 saturated carbocycles. The minimum absolute atomic E-state index is 0.104. The number of H-pyrrole nitrogens is 1. The van der Waals surface area contributed by atoms with Crippen molar-refractivity contribution < 1.29 is 4.79 Å². The fraction of sp³-hybridized carbons (Fsp3) is 0.368. The number of carbonyl (C=O) groups is 1. The van der Waals surface area contributed by atoms with Gasteiger partial charge in [-0.1, -0.05) is 23.8 Å². The predicted molar refractivity (Wildman–Crippen MR) is 95.2 cm³/mol. The van der Waals surface area contributed by atoms with Gasteiger partial charge in [0.05, 0.1) is 0 Å². The number of pyridine rings is 1. The van der Waals surface area contributed by atoms with Gasteiger partial charge in [-0.3, -0.25) is 9.59 Å². The Morgan fingerprint density at radius 2 is 2.12 bits per heavy atom. The summed E-state index contributed by atoms with van der Waals surface area (Å²) in [6.07, 6.45) is 2.01. The molecule has 0 spiro atoms. The van der Waals surface area contributed by atoms with Gasteiger partial charge in [-0.2, -0.15) is 0 Å². The van der Waals surface area contributed by atoms with Crippen molar-refractivity contribution in [3.63, 3.8) is 0 Å². The molecule has 1 aliphatic heterocycles. The van der Waals surface area contributed by atoms with E-state index in [-0.39, 0.29) is 23.1 Å². The van der Waals surface area contributed by atoms with Crippen LogP contribution in [0.5, 0.6) is 0 Å². The molecular weight excluding hydrogens is 302 g/mol. The van der Waals surface area contributed by atoms with Crippen molar-refractivity contribution in [2.45, 2.75) is 25.8 Å². The van der Waals surface area contributed by atoms with E-state index in [2.05, 4.69) is 15.2 Å².